The molecule has 5 rings (SSSR count). The number of amides is 2. The summed E-state index contributed by atoms with van der Waals surface area (Å²) in [4.78, 5) is 36.9. The summed E-state index contributed by atoms with van der Waals surface area (Å²) in [6.07, 6.45) is 5.36. The number of tetrazole rings is 1. The number of hydrogen-bond donors (Lipinski definition) is 1. The summed E-state index contributed by atoms with van der Waals surface area (Å²) in [5, 5.41) is 11.8. The summed E-state index contributed by atoms with van der Waals surface area (Å²) < 4.78 is 1.64. The first kappa shape index (κ1) is 21.0. The molecule has 3 heterocycles. The van der Waals surface area contributed by atoms with Gasteiger partial charge in [0.05, 0.1) is 16.8 Å². The van der Waals surface area contributed by atoms with Crippen molar-refractivity contribution < 1.29 is 14.4 Å². The Bertz CT molecular complexity index is 1210. The molecule has 2 aromatic heterocycles. The number of rotatable bonds is 6. The molecule has 0 unspecified atom stereocenters. The summed E-state index contributed by atoms with van der Waals surface area (Å²) in [7, 11) is 0. The van der Waals surface area contributed by atoms with Crippen LogP contribution in [0.2, 0.25) is 0 Å². The predicted molar refractivity (Wildman–Crippen MR) is 119 cm³/mol. The van der Waals surface area contributed by atoms with Crippen molar-refractivity contribution in [3.63, 3.8) is 0 Å². The Morgan fingerprint density at radius 1 is 1.00 bits per heavy atom. The molecule has 2 aliphatic rings. The van der Waals surface area contributed by atoms with Crippen LogP contribution < -0.4 is 10.4 Å². The number of fused-ring (bicyclic) bond motifs is 1. The minimum atomic E-state index is -0.377. The highest BCUT2D eigenvalue weighted by atomic mass is 16.6. The standard InChI is InChI=1S/C23H23N7O3/c1-15-25-27-28-30(15)21(16-8-3-2-4-9-16)26-33-14-17-10-7-13-20(24-17)29-22(31)18-11-5-6-12-19(18)23(29)32/h5-7,10-13,26H,2-4,8-9,14H2,1H3. The van der Waals surface area contributed by atoms with Crippen LogP contribution in [0.3, 0.4) is 0 Å². The van der Waals surface area contributed by atoms with E-state index in [-0.39, 0.29) is 24.2 Å². The highest BCUT2D eigenvalue weighted by molar-refractivity contribution is 6.34. The van der Waals surface area contributed by atoms with Crippen molar-refractivity contribution in [2.45, 2.75) is 45.6 Å². The van der Waals surface area contributed by atoms with Crippen molar-refractivity contribution >= 4 is 23.5 Å². The van der Waals surface area contributed by atoms with Gasteiger partial charge in [0.2, 0.25) is 0 Å². The number of benzene rings is 1. The van der Waals surface area contributed by atoms with Gasteiger partial charge in [-0.2, -0.15) is 4.68 Å². The van der Waals surface area contributed by atoms with E-state index in [1.165, 1.54) is 12.0 Å². The number of imide groups is 1. The monoisotopic (exact) mass is 445 g/mol. The van der Waals surface area contributed by atoms with Crippen molar-refractivity contribution in [3.05, 3.63) is 70.7 Å². The summed E-state index contributed by atoms with van der Waals surface area (Å²) in [5.41, 5.74) is 5.56. The number of carbonyl (C=O) groups is 2. The predicted octanol–water partition coefficient (Wildman–Crippen LogP) is 3.03. The molecule has 0 saturated heterocycles. The molecule has 0 spiro atoms. The highest BCUT2D eigenvalue weighted by Gasteiger charge is 2.37. The fraction of sp³-hybridized carbons (Fsp3) is 0.304. The molecule has 10 heteroatoms. The molecule has 0 bridgehead atoms. The summed E-state index contributed by atoms with van der Waals surface area (Å²) in [6, 6.07) is 11.9. The zero-order chi connectivity index (χ0) is 22.8. The van der Waals surface area contributed by atoms with Crippen LogP contribution in [0.4, 0.5) is 5.82 Å². The normalized spacial score (nSPS) is 15.7. The number of aryl methyl sites for hydroxylation is 1. The van der Waals surface area contributed by atoms with Gasteiger partial charge >= 0.3 is 0 Å². The minimum Gasteiger partial charge on any atom is -0.268 e. The second kappa shape index (κ2) is 8.91. The van der Waals surface area contributed by atoms with Gasteiger partial charge in [0.1, 0.15) is 12.4 Å². The lowest BCUT2D eigenvalue weighted by molar-refractivity contribution is 0.0571. The van der Waals surface area contributed by atoms with Crippen LogP contribution in [0, 0.1) is 6.92 Å². The first-order chi connectivity index (χ1) is 16.1. The van der Waals surface area contributed by atoms with Gasteiger partial charge in [-0.05, 0) is 72.9 Å². The maximum Gasteiger partial charge on any atom is 0.267 e. The summed E-state index contributed by atoms with van der Waals surface area (Å²) >= 11 is 0. The molecule has 1 fully saturated rings. The van der Waals surface area contributed by atoms with E-state index in [4.69, 9.17) is 4.84 Å². The van der Waals surface area contributed by atoms with Gasteiger partial charge in [0, 0.05) is 0 Å². The Kier molecular flexibility index (Phi) is 5.66. The Labute approximate surface area is 190 Å². The fourth-order valence-electron chi connectivity index (χ4n) is 4.17. The van der Waals surface area contributed by atoms with Gasteiger partial charge in [-0.1, -0.05) is 24.6 Å². The van der Waals surface area contributed by atoms with Crippen molar-refractivity contribution in [2.24, 2.45) is 0 Å². The fourth-order valence-corrected chi connectivity index (χ4v) is 4.17. The number of carbonyl (C=O) groups excluding carboxylic acids is 2. The van der Waals surface area contributed by atoms with Crippen molar-refractivity contribution in [3.8, 4) is 0 Å². The Morgan fingerprint density at radius 2 is 1.73 bits per heavy atom. The van der Waals surface area contributed by atoms with Gasteiger partial charge in [0.25, 0.3) is 11.8 Å². The number of nitrogens with one attached hydrogen (secondary N) is 1. The molecule has 3 aromatic rings. The Balaban J connectivity index is 1.32. The zero-order valence-electron chi connectivity index (χ0n) is 18.2. The molecule has 1 saturated carbocycles. The Hall–Kier alpha value is -3.92. The molecule has 1 aromatic carbocycles. The first-order valence-corrected chi connectivity index (χ1v) is 10.9. The van der Waals surface area contributed by atoms with Gasteiger partial charge in [0.15, 0.2) is 11.6 Å². The largest absolute Gasteiger partial charge is 0.268 e. The average Bonchev–Trinajstić information content (AvgIpc) is 3.38. The number of hydroxylamine groups is 1. The van der Waals surface area contributed by atoms with Crippen LogP contribution in [-0.4, -0.2) is 37.0 Å². The molecule has 1 aliphatic carbocycles. The molecule has 0 atom stereocenters. The zero-order valence-corrected chi connectivity index (χ0v) is 18.2. The van der Waals surface area contributed by atoms with Crippen molar-refractivity contribution in [1.29, 1.82) is 0 Å². The third-order valence-electron chi connectivity index (χ3n) is 5.83. The minimum absolute atomic E-state index is 0.120. The van der Waals surface area contributed by atoms with Crippen molar-refractivity contribution in [1.82, 2.24) is 30.7 Å². The van der Waals surface area contributed by atoms with Crippen LogP contribution in [-0.2, 0) is 11.4 Å². The number of anilines is 1. The topological polar surface area (TPSA) is 115 Å². The quantitative estimate of drug-likeness (QED) is 0.455. The smallest absolute Gasteiger partial charge is 0.267 e. The molecule has 1 N–H and O–H groups in total. The molecule has 10 nitrogen and oxygen atoms in total. The summed E-state index contributed by atoms with van der Waals surface area (Å²) in [6.45, 7) is 1.95. The lowest BCUT2D eigenvalue weighted by Gasteiger charge is -2.20. The Morgan fingerprint density at radius 3 is 2.39 bits per heavy atom. The lowest BCUT2D eigenvalue weighted by Crippen LogP contribution is -2.30. The van der Waals surface area contributed by atoms with E-state index < -0.39 is 0 Å². The highest BCUT2D eigenvalue weighted by Crippen LogP contribution is 2.28. The maximum absolute atomic E-state index is 12.8. The van der Waals surface area contributed by atoms with Gasteiger partial charge in [-0.25, -0.2) is 15.4 Å². The molecule has 0 radical (unpaired) electrons. The van der Waals surface area contributed by atoms with E-state index in [1.807, 2.05) is 6.92 Å². The maximum atomic E-state index is 12.8. The molecule has 168 valence electrons. The summed E-state index contributed by atoms with van der Waals surface area (Å²) in [5.74, 6) is 0.902. The van der Waals surface area contributed by atoms with E-state index in [2.05, 4.69) is 26.0 Å². The van der Waals surface area contributed by atoms with E-state index in [1.54, 1.807) is 47.1 Å². The molecular weight excluding hydrogens is 422 g/mol. The van der Waals surface area contributed by atoms with Crippen LogP contribution in [0.1, 0.15) is 64.3 Å². The number of nitrogens with zero attached hydrogens (tertiary/aromatic N) is 6. The second-order valence-electron chi connectivity index (χ2n) is 8.02. The second-order valence-corrected chi connectivity index (χ2v) is 8.02. The van der Waals surface area contributed by atoms with Crippen molar-refractivity contribution in [2.75, 3.05) is 4.90 Å². The number of aromatic nitrogens is 5. The van der Waals surface area contributed by atoms with Crippen LogP contribution in [0.15, 0.2) is 48.0 Å². The molecule has 2 amide bonds. The molecular formula is C23H23N7O3. The van der Waals surface area contributed by atoms with E-state index in [9.17, 15) is 9.59 Å². The molecule has 33 heavy (non-hydrogen) atoms. The average molecular weight is 445 g/mol. The third kappa shape index (κ3) is 4.00. The van der Waals surface area contributed by atoms with Gasteiger partial charge in [-0.15, -0.1) is 5.10 Å². The number of allylic oxidation sites excluding steroid dienone is 1. The van der Waals surface area contributed by atoms with E-state index in [0.29, 0.717) is 22.6 Å². The van der Waals surface area contributed by atoms with Crippen LogP contribution >= 0.6 is 0 Å². The van der Waals surface area contributed by atoms with E-state index >= 15 is 0 Å². The third-order valence-corrected chi connectivity index (χ3v) is 5.83. The van der Waals surface area contributed by atoms with E-state index in [0.717, 1.165) is 36.4 Å². The van der Waals surface area contributed by atoms with Crippen LogP contribution in [0.25, 0.3) is 5.82 Å². The van der Waals surface area contributed by atoms with Gasteiger partial charge in [-0.3, -0.25) is 14.4 Å². The first-order valence-electron chi connectivity index (χ1n) is 10.9. The molecule has 1 aliphatic heterocycles. The van der Waals surface area contributed by atoms with Gasteiger partial charge < -0.3 is 0 Å². The SMILES string of the molecule is Cc1nnnn1C(NOCc1cccc(N2C(=O)c3ccccc3C2=O)n1)=C1CCCCC1. The van der Waals surface area contributed by atoms with Crippen LogP contribution in [0.5, 0.6) is 0 Å². The number of hydrogen-bond acceptors (Lipinski definition) is 8. The number of pyridine rings is 1. The lowest BCUT2D eigenvalue weighted by atomic mass is 9.95.